The number of hydrogen-bond acceptors (Lipinski definition) is 3. The molecule has 0 amide bonds. The first-order chi connectivity index (χ1) is 11.0. The molecule has 0 bridgehead atoms. The van der Waals surface area contributed by atoms with Crippen LogP contribution < -0.4 is 0 Å². The molecule has 0 spiro atoms. The minimum atomic E-state index is -4.32. The smallest absolute Gasteiger partial charge is 0.366 e. The summed E-state index contributed by atoms with van der Waals surface area (Å²) in [4.78, 5) is 6.03. The fourth-order valence-electron chi connectivity index (χ4n) is 2.66. The Hall–Kier alpha value is -1.86. The number of rotatable bonds is 4. The van der Waals surface area contributed by atoms with Crippen LogP contribution in [0.2, 0.25) is 0 Å². The molecule has 1 aromatic heterocycles. The van der Waals surface area contributed by atoms with E-state index in [1.54, 1.807) is 11.1 Å². The summed E-state index contributed by atoms with van der Waals surface area (Å²) in [6.07, 6.45) is -2.50. The minimum absolute atomic E-state index is 0.0869. The lowest BCUT2D eigenvalue weighted by Gasteiger charge is -2.33. The summed E-state index contributed by atoms with van der Waals surface area (Å²) >= 11 is 0. The monoisotopic (exact) mass is 325 g/mol. The molecule has 2 heterocycles. The van der Waals surface area contributed by atoms with Crippen molar-refractivity contribution in [2.45, 2.75) is 25.4 Å². The molecule has 0 N–H and O–H groups in total. The van der Waals surface area contributed by atoms with E-state index in [4.69, 9.17) is 4.74 Å². The van der Waals surface area contributed by atoms with Gasteiger partial charge < -0.3 is 9.30 Å². The molecule has 0 radical (unpaired) electrons. The van der Waals surface area contributed by atoms with Crippen LogP contribution in [0.15, 0.2) is 42.7 Å². The van der Waals surface area contributed by atoms with E-state index in [1.165, 1.54) is 0 Å². The molecule has 0 saturated carbocycles. The van der Waals surface area contributed by atoms with Gasteiger partial charge >= 0.3 is 6.18 Å². The van der Waals surface area contributed by atoms with Gasteiger partial charge in [0.05, 0.1) is 13.2 Å². The lowest BCUT2D eigenvalue weighted by molar-refractivity contribution is -0.237. The SMILES string of the molecule is FC(F)(F)[C@@H]1CN(Cc2nccn2Cc2ccccc2)CCO1. The van der Waals surface area contributed by atoms with Crippen LogP contribution in [0, 0.1) is 0 Å². The van der Waals surface area contributed by atoms with Gasteiger partial charge in [-0.2, -0.15) is 13.2 Å². The van der Waals surface area contributed by atoms with Gasteiger partial charge in [0.25, 0.3) is 0 Å². The Morgan fingerprint density at radius 3 is 2.70 bits per heavy atom. The predicted molar refractivity (Wildman–Crippen MR) is 78.8 cm³/mol. The maximum Gasteiger partial charge on any atom is 0.415 e. The lowest BCUT2D eigenvalue weighted by atomic mass is 10.2. The van der Waals surface area contributed by atoms with Crippen molar-refractivity contribution in [1.82, 2.24) is 14.5 Å². The van der Waals surface area contributed by atoms with Crippen LogP contribution in [0.4, 0.5) is 13.2 Å². The van der Waals surface area contributed by atoms with E-state index >= 15 is 0 Å². The van der Waals surface area contributed by atoms with Gasteiger partial charge in [0.15, 0.2) is 6.10 Å². The molecule has 1 fully saturated rings. The molecule has 1 saturated heterocycles. The van der Waals surface area contributed by atoms with E-state index in [0.717, 1.165) is 11.4 Å². The maximum atomic E-state index is 12.8. The van der Waals surface area contributed by atoms with Gasteiger partial charge in [-0.3, -0.25) is 4.90 Å². The van der Waals surface area contributed by atoms with Crippen molar-refractivity contribution < 1.29 is 17.9 Å². The number of nitrogens with zero attached hydrogens (tertiary/aromatic N) is 3. The van der Waals surface area contributed by atoms with Gasteiger partial charge in [0, 0.05) is 32.0 Å². The summed E-state index contributed by atoms with van der Waals surface area (Å²) in [5.74, 6) is 0.761. The minimum Gasteiger partial charge on any atom is -0.366 e. The van der Waals surface area contributed by atoms with Crippen molar-refractivity contribution in [2.75, 3.05) is 19.7 Å². The highest BCUT2D eigenvalue weighted by molar-refractivity contribution is 5.15. The molecular weight excluding hydrogens is 307 g/mol. The molecule has 1 aromatic carbocycles. The highest BCUT2D eigenvalue weighted by atomic mass is 19.4. The molecule has 1 atom stereocenters. The average molecular weight is 325 g/mol. The van der Waals surface area contributed by atoms with Crippen molar-refractivity contribution in [2.24, 2.45) is 0 Å². The Kier molecular flexibility index (Phi) is 4.68. The number of imidazole rings is 1. The Bertz CT molecular complexity index is 627. The molecular formula is C16H18F3N3O. The van der Waals surface area contributed by atoms with Gasteiger partial charge in [-0.1, -0.05) is 30.3 Å². The summed E-state index contributed by atoms with van der Waals surface area (Å²) in [6, 6.07) is 9.89. The molecule has 124 valence electrons. The summed E-state index contributed by atoms with van der Waals surface area (Å²) in [6.45, 7) is 1.45. The molecule has 0 aliphatic carbocycles. The van der Waals surface area contributed by atoms with Gasteiger partial charge in [-0.15, -0.1) is 0 Å². The maximum absolute atomic E-state index is 12.8. The van der Waals surface area contributed by atoms with Crippen LogP contribution in [-0.2, 0) is 17.8 Å². The second kappa shape index (κ2) is 6.72. The summed E-state index contributed by atoms with van der Waals surface area (Å²) < 4.78 is 45.2. The third-order valence-electron chi connectivity index (χ3n) is 3.88. The van der Waals surface area contributed by atoms with E-state index in [0.29, 0.717) is 19.6 Å². The number of alkyl halides is 3. The van der Waals surface area contributed by atoms with Gasteiger partial charge in [-0.05, 0) is 5.56 Å². The second-order valence-corrected chi connectivity index (χ2v) is 5.59. The number of ether oxygens (including phenoxy) is 1. The summed E-state index contributed by atoms with van der Waals surface area (Å²) in [7, 11) is 0. The predicted octanol–water partition coefficient (Wildman–Crippen LogP) is 2.69. The van der Waals surface area contributed by atoms with E-state index in [9.17, 15) is 13.2 Å². The number of benzene rings is 1. The zero-order valence-electron chi connectivity index (χ0n) is 12.5. The highest BCUT2D eigenvalue weighted by Crippen LogP contribution is 2.26. The standard InChI is InChI=1S/C16H18F3N3O/c17-16(18,19)14-11-21(8-9-23-14)12-15-20-6-7-22(15)10-13-4-2-1-3-5-13/h1-7,14H,8-12H2/t14-/m0/s1. The summed E-state index contributed by atoms with van der Waals surface area (Å²) in [5, 5.41) is 0. The fraction of sp³-hybridized carbons (Fsp3) is 0.438. The van der Waals surface area contributed by atoms with Gasteiger partial charge in [0.1, 0.15) is 5.82 Å². The molecule has 2 aromatic rings. The van der Waals surface area contributed by atoms with Crippen LogP contribution in [-0.4, -0.2) is 46.4 Å². The normalized spacial score (nSPS) is 19.9. The van der Waals surface area contributed by atoms with Gasteiger partial charge in [-0.25, -0.2) is 4.98 Å². The van der Waals surface area contributed by atoms with Gasteiger partial charge in [0.2, 0.25) is 0 Å². The second-order valence-electron chi connectivity index (χ2n) is 5.59. The van der Waals surface area contributed by atoms with E-state index in [-0.39, 0.29) is 13.2 Å². The number of aromatic nitrogens is 2. The highest BCUT2D eigenvalue weighted by Gasteiger charge is 2.43. The fourth-order valence-corrected chi connectivity index (χ4v) is 2.66. The summed E-state index contributed by atoms with van der Waals surface area (Å²) in [5.41, 5.74) is 1.13. The molecule has 3 rings (SSSR count). The third kappa shape index (κ3) is 4.11. The molecule has 23 heavy (non-hydrogen) atoms. The van der Waals surface area contributed by atoms with E-state index < -0.39 is 12.3 Å². The molecule has 1 aliphatic rings. The molecule has 1 aliphatic heterocycles. The third-order valence-corrected chi connectivity index (χ3v) is 3.88. The average Bonchev–Trinajstić information content (AvgIpc) is 2.95. The van der Waals surface area contributed by atoms with E-state index in [2.05, 4.69) is 4.98 Å². The Labute approximate surface area is 132 Å². The van der Waals surface area contributed by atoms with Crippen molar-refractivity contribution in [3.63, 3.8) is 0 Å². The first kappa shape index (κ1) is 16.0. The Balaban J connectivity index is 1.66. The van der Waals surface area contributed by atoms with Crippen molar-refractivity contribution in [3.05, 3.63) is 54.1 Å². The van der Waals surface area contributed by atoms with Crippen LogP contribution >= 0.6 is 0 Å². The number of halogens is 3. The zero-order chi connectivity index (χ0) is 16.3. The van der Waals surface area contributed by atoms with E-state index in [1.807, 2.05) is 41.1 Å². The first-order valence-electron chi connectivity index (χ1n) is 7.47. The van der Waals surface area contributed by atoms with Crippen molar-refractivity contribution in [1.29, 1.82) is 0 Å². The van der Waals surface area contributed by atoms with Crippen LogP contribution in [0.5, 0.6) is 0 Å². The Morgan fingerprint density at radius 1 is 1.17 bits per heavy atom. The van der Waals surface area contributed by atoms with Crippen LogP contribution in [0.3, 0.4) is 0 Å². The van der Waals surface area contributed by atoms with Crippen LogP contribution in [0.1, 0.15) is 11.4 Å². The van der Waals surface area contributed by atoms with Crippen LogP contribution in [0.25, 0.3) is 0 Å². The molecule has 7 heteroatoms. The quantitative estimate of drug-likeness (QED) is 0.866. The number of hydrogen-bond donors (Lipinski definition) is 0. The molecule has 0 unspecified atom stereocenters. The molecule has 4 nitrogen and oxygen atoms in total. The van der Waals surface area contributed by atoms with Crippen molar-refractivity contribution >= 4 is 0 Å². The zero-order valence-corrected chi connectivity index (χ0v) is 12.5. The topological polar surface area (TPSA) is 30.3 Å². The lowest BCUT2D eigenvalue weighted by Crippen LogP contribution is -2.48. The Morgan fingerprint density at radius 2 is 1.96 bits per heavy atom. The largest absolute Gasteiger partial charge is 0.415 e. The number of morpholine rings is 1. The van der Waals surface area contributed by atoms with Crippen molar-refractivity contribution in [3.8, 4) is 0 Å². The first-order valence-corrected chi connectivity index (χ1v) is 7.47.